The van der Waals surface area contributed by atoms with E-state index in [2.05, 4.69) is 11.4 Å². The molecule has 0 atom stereocenters. The van der Waals surface area contributed by atoms with Crippen LogP contribution in [0.25, 0.3) is 0 Å². The van der Waals surface area contributed by atoms with E-state index in [4.69, 9.17) is 4.74 Å². The molecule has 2 rings (SSSR count). The van der Waals surface area contributed by atoms with Crippen LogP contribution in [0.3, 0.4) is 0 Å². The molecule has 0 unspecified atom stereocenters. The zero-order valence-corrected chi connectivity index (χ0v) is 14.1. The standard InChI is InChI=1S/C16H25NO3S/c1-15(2)9-13(10-16(3,4)17(15)19)14(18)20-7-5-12-6-8-21-11-12/h6,8,11,13,19H,5,7,9-10H2,1-4H3. The molecule has 0 bridgehead atoms. The second kappa shape index (κ2) is 6.07. The Kier molecular flexibility index (Phi) is 4.76. The number of piperidine rings is 1. The largest absolute Gasteiger partial charge is 0.465 e. The molecule has 1 fully saturated rings. The first-order valence-corrected chi connectivity index (χ1v) is 8.33. The van der Waals surface area contributed by atoms with Crippen molar-refractivity contribution in [3.63, 3.8) is 0 Å². The third-order valence-electron chi connectivity index (χ3n) is 4.19. The number of hydrogen-bond acceptors (Lipinski definition) is 5. The van der Waals surface area contributed by atoms with Crippen molar-refractivity contribution in [1.82, 2.24) is 5.06 Å². The van der Waals surface area contributed by atoms with Crippen LogP contribution in [-0.4, -0.2) is 33.9 Å². The van der Waals surface area contributed by atoms with Gasteiger partial charge in [0.15, 0.2) is 0 Å². The van der Waals surface area contributed by atoms with Gasteiger partial charge in [-0.15, -0.1) is 0 Å². The first-order valence-electron chi connectivity index (χ1n) is 7.39. The maximum atomic E-state index is 12.3. The number of rotatable bonds is 4. The normalized spacial score (nSPS) is 22.1. The molecule has 21 heavy (non-hydrogen) atoms. The topological polar surface area (TPSA) is 49.8 Å². The van der Waals surface area contributed by atoms with Crippen LogP contribution in [-0.2, 0) is 16.0 Å². The average molecular weight is 311 g/mol. The molecule has 1 aromatic heterocycles. The highest BCUT2D eigenvalue weighted by Gasteiger charge is 2.47. The highest BCUT2D eigenvalue weighted by molar-refractivity contribution is 7.07. The lowest BCUT2D eigenvalue weighted by atomic mass is 9.75. The molecular formula is C16H25NO3S. The second-order valence-corrected chi connectivity index (χ2v) is 7.87. The number of ether oxygens (including phenoxy) is 1. The van der Waals surface area contributed by atoms with Crippen LogP contribution >= 0.6 is 11.3 Å². The molecule has 0 radical (unpaired) electrons. The molecular weight excluding hydrogens is 286 g/mol. The summed E-state index contributed by atoms with van der Waals surface area (Å²) < 4.78 is 5.44. The Hall–Kier alpha value is -0.910. The molecule has 1 N–H and O–H groups in total. The van der Waals surface area contributed by atoms with E-state index in [0.717, 1.165) is 6.42 Å². The minimum absolute atomic E-state index is 0.139. The van der Waals surface area contributed by atoms with Gasteiger partial charge in [-0.3, -0.25) is 4.79 Å². The van der Waals surface area contributed by atoms with Crippen LogP contribution in [0.5, 0.6) is 0 Å². The lowest BCUT2D eigenvalue weighted by Gasteiger charge is -2.50. The van der Waals surface area contributed by atoms with Gasteiger partial charge in [-0.25, -0.2) is 0 Å². The van der Waals surface area contributed by atoms with Gasteiger partial charge in [-0.05, 0) is 62.9 Å². The smallest absolute Gasteiger partial charge is 0.309 e. The Morgan fingerprint density at radius 2 is 2.00 bits per heavy atom. The van der Waals surface area contributed by atoms with Crippen molar-refractivity contribution in [1.29, 1.82) is 0 Å². The Bertz CT molecular complexity index is 464. The van der Waals surface area contributed by atoms with Gasteiger partial charge >= 0.3 is 5.97 Å². The summed E-state index contributed by atoms with van der Waals surface area (Å²) in [6.45, 7) is 8.26. The number of hydroxylamine groups is 2. The highest BCUT2D eigenvalue weighted by atomic mass is 32.1. The number of esters is 1. The maximum Gasteiger partial charge on any atom is 0.309 e. The van der Waals surface area contributed by atoms with E-state index in [-0.39, 0.29) is 11.9 Å². The van der Waals surface area contributed by atoms with Gasteiger partial charge in [0, 0.05) is 17.5 Å². The molecule has 4 nitrogen and oxygen atoms in total. The van der Waals surface area contributed by atoms with Crippen LogP contribution in [0.2, 0.25) is 0 Å². The lowest BCUT2D eigenvalue weighted by Crippen LogP contribution is -2.60. The van der Waals surface area contributed by atoms with Gasteiger partial charge in [0.1, 0.15) is 0 Å². The van der Waals surface area contributed by atoms with E-state index in [9.17, 15) is 10.0 Å². The Morgan fingerprint density at radius 1 is 1.38 bits per heavy atom. The fraction of sp³-hybridized carbons (Fsp3) is 0.688. The van der Waals surface area contributed by atoms with Crippen LogP contribution in [0.1, 0.15) is 46.1 Å². The molecule has 2 heterocycles. The summed E-state index contributed by atoms with van der Waals surface area (Å²) in [5.74, 6) is -0.291. The number of hydrogen-bond donors (Lipinski definition) is 1. The van der Waals surface area contributed by atoms with Gasteiger partial charge in [-0.2, -0.15) is 16.4 Å². The Labute approximate surface area is 130 Å². The van der Waals surface area contributed by atoms with E-state index >= 15 is 0 Å². The summed E-state index contributed by atoms with van der Waals surface area (Å²) >= 11 is 1.65. The number of carbonyl (C=O) groups excluding carboxylic acids is 1. The maximum absolute atomic E-state index is 12.3. The van der Waals surface area contributed by atoms with Gasteiger partial charge in [-0.1, -0.05) is 0 Å². The van der Waals surface area contributed by atoms with Gasteiger partial charge in [0.05, 0.1) is 12.5 Å². The minimum Gasteiger partial charge on any atom is -0.465 e. The Morgan fingerprint density at radius 3 is 2.52 bits per heavy atom. The van der Waals surface area contributed by atoms with E-state index in [0.29, 0.717) is 19.4 Å². The first-order chi connectivity index (χ1) is 9.72. The van der Waals surface area contributed by atoms with Crippen molar-refractivity contribution in [3.8, 4) is 0 Å². The van der Waals surface area contributed by atoms with Crippen LogP contribution in [0.4, 0.5) is 0 Å². The number of nitrogens with zero attached hydrogens (tertiary/aromatic N) is 1. The van der Waals surface area contributed by atoms with Crippen molar-refractivity contribution >= 4 is 17.3 Å². The summed E-state index contributed by atoms with van der Waals surface area (Å²) in [6.07, 6.45) is 2.00. The van der Waals surface area contributed by atoms with Gasteiger partial charge in [0.2, 0.25) is 0 Å². The summed E-state index contributed by atoms with van der Waals surface area (Å²) in [6, 6.07) is 2.05. The van der Waals surface area contributed by atoms with E-state index < -0.39 is 11.1 Å². The average Bonchev–Trinajstić information content (AvgIpc) is 2.88. The zero-order chi connectivity index (χ0) is 15.7. The predicted molar refractivity (Wildman–Crippen MR) is 83.5 cm³/mol. The molecule has 1 saturated heterocycles. The number of thiophene rings is 1. The van der Waals surface area contributed by atoms with Crippen molar-refractivity contribution in [2.45, 2.75) is 58.0 Å². The molecule has 0 aromatic carbocycles. The first kappa shape index (κ1) is 16.5. The van der Waals surface area contributed by atoms with E-state index in [1.165, 1.54) is 10.6 Å². The van der Waals surface area contributed by atoms with Gasteiger partial charge in [0.25, 0.3) is 0 Å². The monoisotopic (exact) mass is 311 g/mol. The van der Waals surface area contributed by atoms with Crippen LogP contribution in [0.15, 0.2) is 16.8 Å². The van der Waals surface area contributed by atoms with Crippen molar-refractivity contribution in [3.05, 3.63) is 22.4 Å². The van der Waals surface area contributed by atoms with Crippen molar-refractivity contribution in [2.75, 3.05) is 6.61 Å². The lowest BCUT2D eigenvalue weighted by molar-refractivity contribution is -0.251. The van der Waals surface area contributed by atoms with Gasteiger partial charge < -0.3 is 9.94 Å². The third kappa shape index (κ3) is 3.84. The van der Waals surface area contributed by atoms with E-state index in [1.54, 1.807) is 11.3 Å². The van der Waals surface area contributed by atoms with E-state index in [1.807, 2.05) is 33.1 Å². The summed E-state index contributed by atoms with van der Waals surface area (Å²) in [5, 5.41) is 15.7. The molecule has 5 heteroatoms. The number of carbonyl (C=O) groups is 1. The summed E-state index contributed by atoms with van der Waals surface area (Å²) in [7, 11) is 0. The molecule has 1 aliphatic rings. The molecule has 0 aliphatic carbocycles. The molecule has 0 saturated carbocycles. The molecule has 0 spiro atoms. The predicted octanol–water partition coefficient (Wildman–Crippen LogP) is 3.49. The fourth-order valence-electron chi connectivity index (χ4n) is 3.26. The molecule has 1 aromatic rings. The second-order valence-electron chi connectivity index (χ2n) is 7.09. The highest BCUT2D eigenvalue weighted by Crippen LogP contribution is 2.40. The Balaban J connectivity index is 1.90. The van der Waals surface area contributed by atoms with Crippen molar-refractivity contribution in [2.24, 2.45) is 5.92 Å². The third-order valence-corrected chi connectivity index (χ3v) is 4.92. The summed E-state index contributed by atoms with van der Waals surface area (Å²) in [5.41, 5.74) is 0.371. The molecule has 1 aliphatic heterocycles. The fourth-order valence-corrected chi connectivity index (χ4v) is 3.96. The zero-order valence-electron chi connectivity index (χ0n) is 13.3. The summed E-state index contributed by atoms with van der Waals surface area (Å²) in [4.78, 5) is 12.3. The minimum atomic E-state index is -0.418. The molecule has 0 amide bonds. The quantitative estimate of drug-likeness (QED) is 0.865. The molecule has 118 valence electrons. The SMILES string of the molecule is CC1(C)CC(C(=O)OCCc2ccsc2)CC(C)(C)N1O. The van der Waals surface area contributed by atoms with Crippen molar-refractivity contribution < 1.29 is 14.7 Å². The van der Waals surface area contributed by atoms with Crippen LogP contribution in [0, 0.1) is 5.92 Å². The van der Waals surface area contributed by atoms with Crippen LogP contribution < -0.4 is 0 Å².